The number of halogens is 3. The highest BCUT2D eigenvalue weighted by molar-refractivity contribution is 9.10. The minimum atomic E-state index is -0.316. The molecule has 92 valence electrons. The smallest absolute Gasteiger partial charge is 0.256 e. The molecule has 18 heavy (non-hydrogen) atoms. The van der Waals surface area contributed by atoms with E-state index in [0.29, 0.717) is 20.9 Å². The molecule has 0 saturated heterocycles. The summed E-state index contributed by atoms with van der Waals surface area (Å²) < 4.78 is 0.647. The van der Waals surface area contributed by atoms with E-state index in [1.54, 1.807) is 18.2 Å². The largest absolute Gasteiger partial charge is 0.305 e. The van der Waals surface area contributed by atoms with Crippen LogP contribution in [0.15, 0.2) is 35.1 Å². The minimum Gasteiger partial charge on any atom is -0.305 e. The van der Waals surface area contributed by atoms with Crippen molar-refractivity contribution in [2.45, 2.75) is 0 Å². The van der Waals surface area contributed by atoms with Gasteiger partial charge < -0.3 is 5.32 Å². The van der Waals surface area contributed by atoms with E-state index in [1.807, 2.05) is 0 Å². The Hall–Kier alpha value is -1.17. The fourth-order valence-corrected chi connectivity index (χ4v) is 1.87. The number of hydrogen-bond acceptors (Lipinski definition) is 3. The molecule has 2 aromatic rings. The summed E-state index contributed by atoms with van der Waals surface area (Å²) in [5, 5.41) is 3.33. The summed E-state index contributed by atoms with van der Waals surface area (Å²) in [6.07, 6.45) is 2.80. The maximum Gasteiger partial charge on any atom is 0.256 e. The zero-order chi connectivity index (χ0) is 13.1. The predicted molar refractivity (Wildman–Crippen MR) is 74.1 cm³/mol. The summed E-state index contributed by atoms with van der Waals surface area (Å²) in [7, 11) is 0. The number of carbonyl (C=O) groups excluding carboxylic acids is 1. The lowest BCUT2D eigenvalue weighted by Crippen LogP contribution is -2.13. The van der Waals surface area contributed by atoms with E-state index in [-0.39, 0.29) is 11.1 Å². The number of amides is 1. The fourth-order valence-electron chi connectivity index (χ4n) is 1.23. The van der Waals surface area contributed by atoms with E-state index in [4.69, 9.17) is 23.2 Å². The van der Waals surface area contributed by atoms with Gasteiger partial charge in [-0.25, -0.2) is 4.98 Å². The van der Waals surface area contributed by atoms with Crippen molar-refractivity contribution in [3.8, 4) is 0 Å². The van der Waals surface area contributed by atoms with E-state index in [1.165, 1.54) is 12.4 Å². The van der Waals surface area contributed by atoms with Crippen LogP contribution in [-0.4, -0.2) is 15.9 Å². The molecule has 0 fully saturated rings. The van der Waals surface area contributed by atoms with Crippen LogP contribution in [-0.2, 0) is 0 Å². The lowest BCUT2D eigenvalue weighted by molar-refractivity contribution is 0.102. The van der Waals surface area contributed by atoms with Crippen LogP contribution in [0.5, 0.6) is 0 Å². The van der Waals surface area contributed by atoms with Gasteiger partial charge in [0.05, 0.1) is 17.4 Å². The van der Waals surface area contributed by atoms with Crippen molar-refractivity contribution in [2.75, 3.05) is 5.32 Å². The number of carbonyl (C=O) groups is 1. The highest BCUT2D eigenvalue weighted by atomic mass is 79.9. The quantitative estimate of drug-likeness (QED) is 0.899. The first kappa shape index (κ1) is 13.3. The van der Waals surface area contributed by atoms with Gasteiger partial charge >= 0.3 is 0 Å². The average molecular weight is 347 g/mol. The zero-order valence-electron chi connectivity index (χ0n) is 8.82. The van der Waals surface area contributed by atoms with Gasteiger partial charge in [0, 0.05) is 10.0 Å². The lowest BCUT2D eigenvalue weighted by atomic mass is 10.2. The van der Waals surface area contributed by atoms with Gasteiger partial charge in [-0.1, -0.05) is 23.2 Å². The molecular formula is C11H6BrCl2N3O. The van der Waals surface area contributed by atoms with Crippen molar-refractivity contribution in [2.24, 2.45) is 0 Å². The van der Waals surface area contributed by atoms with Crippen LogP contribution in [0.25, 0.3) is 0 Å². The molecule has 0 saturated carbocycles. The minimum absolute atomic E-state index is 0.213. The third kappa shape index (κ3) is 3.19. The Labute approximate surface area is 121 Å². The Kier molecular flexibility index (Phi) is 4.16. The molecule has 0 aliphatic carbocycles. The molecule has 1 N–H and O–H groups in total. The lowest BCUT2D eigenvalue weighted by Gasteiger charge is -2.05. The van der Waals surface area contributed by atoms with Crippen LogP contribution >= 0.6 is 39.1 Å². The predicted octanol–water partition coefficient (Wildman–Crippen LogP) is 3.80. The van der Waals surface area contributed by atoms with Crippen LogP contribution < -0.4 is 5.32 Å². The van der Waals surface area contributed by atoms with Gasteiger partial charge in [0.15, 0.2) is 5.82 Å². The Balaban J connectivity index is 2.19. The topological polar surface area (TPSA) is 54.9 Å². The van der Waals surface area contributed by atoms with Gasteiger partial charge in [-0.05, 0) is 34.1 Å². The van der Waals surface area contributed by atoms with Gasteiger partial charge in [-0.2, -0.15) is 0 Å². The number of rotatable bonds is 2. The average Bonchev–Trinajstić information content (AvgIpc) is 2.32. The van der Waals surface area contributed by atoms with Crippen LogP contribution in [0, 0.1) is 0 Å². The first-order valence-electron chi connectivity index (χ1n) is 4.80. The van der Waals surface area contributed by atoms with Crippen molar-refractivity contribution < 1.29 is 4.79 Å². The highest BCUT2D eigenvalue weighted by Gasteiger charge is 2.09. The summed E-state index contributed by atoms with van der Waals surface area (Å²) in [5.74, 6) is -0.0255. The molecule has 0 radical (unpaired) electrons. The number of nitrogens with one attached hydrogen (secondary N) is 1. The Morgan fingerprint density at radius 1 is 1.28 bits per heavy atom. The summed E-state index contributed by atoms with van der Waals surface area (Å²) >= 11 is 14.8. The Morgan fingerprint density at radius 3 is 2.72 bits per heavy atom. The standard InChI is InChI=1S/C11H6BrCl2N3O/c12-7-3-6(1-2-8(7)13)11(18)17-10-5-15-4-9(14)16-10/h1-5H,(H,16,17,18). The van der Waals surface area contributed by atoms with E-state index >= 15 is 0 Å². The van der Waals surface area contributed by atoms with Crippen molar-refractivity contribution in [3.63, 3.8) is 0 Å². The maximum absolute atomic E-state index is 11.9. The first-order valence-corrected chi connectivity index (χ1v) is 6.35. The molecule has 2 rings (SSSR count). The molecular weight excluding hydrogens is 341 g/mol. The molecule has 0 spiro atoms. The summed E-state index contributed by atoms with van der Waals surface area (Å²) in [6, 6.07) is 4.86. The van der Waals surface area contributed by atoms with Crippen LogP contribution in [0.1, 0.15) is 10.4 Å². The molecule has 1 heterocycles. The molecule has 1 amide bonds. The number of benzene rings is 1. The number of nitrogens with zero attached hydrogens (tertiary/aromatic N) is 2. The van der Waals surface area contributed by atoms with Crippen molar-refractivity contribution in [3.05, 3.63) is 50.8 Å². The van der Waals surface area contributed by atoms with Crippen molar-refractivity contribution in [1.82, 2.24) is 9.97 Å². The maximum atomic E-state index is 11.9. The highest BCUT2D eigenvalue weighted by Crippen LogP contribution is 2.23. The normalized spacial score (nSPS) is 10.2. The number of aromatic nitrogens is 2. The summed E-state index contributed by atoms with van der Waals surface area (Å²) in [5.41, 5.74) is 0.452. The van der Waals surface area contributed by atoms with Crippen LogP contribution in [0.2, 0.25) is 10.2 Å². The molecule has 1 aromatic carbocycles. The van der Waals surface area contributed by atoms with Gasteiger partial charge in [0.2, 0.25) is 0 Å². The van der Waals surface area contributed by atoms with E-state index in [9.17, 15) is 4.79 Å². The van der Waals surface area contributed by atoms with E-state index in [2.05, 4.69) is 31.2 Å². The SMILES string of the molecule is O=C(Nc1cncc(Cl)n1)c1ccc(Cl)c(Br)c1. The monoisotopic (exact) mass is 345 g/mol. The second-order valence-electron chi connectivity index (χ2n) is 3.31. The molecule has 0 atom stereocenters. The third-order valence-corrected chi connectivity index (χ3v) is 3.42. The number of hydrogen-bond donors (Lipinski definition) is 1. The van der Waals surface area contributed by atoms with E-state index < -0.39 is 0 Å². The van der Waals surface area contributed by atoms with Gasteiger partial charge in [0.1, 0.15) is 5.15 Å². The van der Waals surface area contributed by atoms with Crippen LogP contribution in [0.4, 0.5) is 5.82 Å². The Morgan fingerprint density at radius 2 is 2.06 bits per heavy atom. The summed E-state index contributed by atoms with van der Waals surface area (Å²) in [6.45, 7) is 0. The molecule has 4 nitrogen and oxygen atoms in total. The van der Waals surface area contributed by atoms with Crippen LogP contribution in [0.3, 0.4) is 0 Å². The van der Waals surface area contributed by atoms with E-state index in [0.717, 1.165) is 0 Å². The summed E-state index contributed by atoms with van der Waals surface area (Å²) in [4.78, 5) is 19.6. The molecule has 7 heteroatoms. The second kappa shape index (κ2) is 5.65. The van der Waals surface area contributed by atoms with Gasteiger partial charge in [-0.15, -0.1) is 0 Å². The zero-order valence-corrected chi connectivity index (χ0v) is 11.9. The Bertz CT molecular complexity index is 607. The van der Waals surface area contributed by atoms with Gasteiger partial charge in [-0.3, -0.25) is 9.78 Å². The number of anilines is 1. The molecule has 1 aromatic heterocycles. The molecule has 0 bridgehead atoms. The first-order chi connectivity index (χ1) is 8.56. The van der Waals surface area contributed by atoms with Crippen molar-refractivity contribution >= 4 is 50.9 Å². The van der Waals surface area contributed by atoms with Gasteiger partial charge in [0.25, 0.3) is 5.91 Å². The third-order valence-electron chi connectivity index (χ3n) is 2.03. The molecule has 0 unspecified atom stereocenters. The molecule has 0 aliphatic heterocycles. The molecule has 0 aliphatic rings. The van der Waals surface area contributed by atoms with Crippen molar-refractivity contribution in [1.29, 1.82) is 0 Å². The fraction of sp³-hybridized carbons (Fsp3) is 0. The second-order valence-corrected chi connectivity index (χ2v) is 4.96.